The van der Waals surface area contributed by atoms with Crippen LogP contribution in [0.2, 0.25) is 0 Å². The molecule has 2 heterocycles. The molecular weight excluding hydrogens is 286 g/mol. The highest BCUT2D eigenvalue weighted by molar-refractivity contribution is 5.35. The molecule has 0 unspecified atom stereocenters. The molecule has 3 rings (SSSR count). The quantitative estimate of drug-likeness (QED) is 0.831. The van der Waals surface area contributed by atoms with Gasteiger partial charge in [-0.25, -0.2) is 0 Å². The topological polar surface area (TPSA) is 50.1 Å². The molecule has 0 atom stereocenters. The number of aryl methyl sites for hydroxylation is 2. The Morgan fingerprint density at radius 1 is 1.30 bits per heavy atom. The van der Waals surface area contributed by atoms with Crippen molar-refractivity contribution in [2.45, 2.75) is 51.9 Å². The monoisotopic (exact) mass is 313 g/mol. The molecular formula is C19H27N3O. The van der Waals surface area contributed by atoms with E-state index in [1.165, 1.54) is 22.3 Å². The van der Waals surface area contributed by atoms with Crippen LogP contribution in [0.3, 0.4) is 0 Å². The largest absolute Gasteiger partial charge is 0.412 e. The first-order valence-corrected chi connectivity index (χ1v) is 8.74. The Morgan fingerprint density at radius 3 is 2.83 bits per heavy atom. The zero-order valence-electron chi connectivity index (χ0n) is 14.2. The van der Waals surface area contributed by atoms with Gasteiger partial charge in [-0.05, 0) is 61.9 Å². The molecule has 23 heavy (non-hydrogen) atoms. The van der Waals surface area contributed by atoms with Gasteiger partial charge in [0.05, 0.1) is 11.9 Å². The first-order chi connectivity index (χ1) is 11.2. The molecule has 0 amide bonds. The van der Waals surface area contributed by atoms with Crippen LogP contribution < -0.4 is 5.32 Å². The second-order valence-electron chi connectivity index (χ2n) is 6.66. The molecule has 0 aliphatic carbocycles. The molecule has 1 aliphatic heterocycles. The number of piperidine rings is 1. The predicted molar refractivity (Wildman–Crippen MR) is 92.2 cm³/mol. The fraction of sp³-hybridized carbons (Fsp3) is 0.526. The van der Waals surface area contributed by atoms with E-state index >= 15 is 0 Å². The van der Waals surface area contributed by atoms with E-state index in [2.05, 4.69) is 42.5 Å². The smallest absolute Gasteiger partial charge is 0.0738 e. The molecule has 0 radical (unpaired) electrons. The summed E-state index contributed by atoms with van der Waals surface area (Å²) in [6.45, 7) is 6.49. The number of nitrogens with one attached hydrogen (secondary N) is 1. The normalized spacial score (nSPS) is 15.9. The summed E-state index contributed by atoms with van der Waals surface area (Å²) >= 11 is 0. The van der Waals surface area contributed by atoms with E-state index in [0.717, 1.165) is 55.7 Å². The van der Waals surface area contributed by atoms with Crippen molar-refractivity contribution in [3.05, 3.63) is 52.3 Å². The second kappa shape index (κ2) is 7.18. The molecule has 4 nitrogen and oxygen atoms in total. The highest BCUT2D eigenvalue weighted by Gasteiger charge is 2.21. The zero-order valence-corrected chi connectivity index (χ0v) is 14.2. The van der Waals surface area contributed by atoms with Gasteiger partial charge < -0.3 is 10.5 Å². The van der Waals surface area contributed by atoms with Crippen LogP contribution in [0.5, 0.6) is 0 Å². The van der Waals surface area contributed by atoms with Gasteiger partial charge in [0.2, 0.25) is 0 Å². The van der Waals surface area contributed by atoms with Crippen molar-refractivity contribution >= 4 is 0 Å². The van der Waals surface area contributed by atoms with Crippen molar-refractivity contribution in [2.75, 3.05) is 13.1 Å². The summed E-state index contributed by atoms with van der Waals surface area (Å²) in [6.07, 6.45) is 7.11. The molecule has 2 N–H and O–H groups in total. The lowest BCUT2D eigenvalue weighted by Crippen LogP contribution is -2.26. The van der Waals surface area contributed by atoms with Crippen LogP contribution >= 0.6 is 0 Å². The van der Waals surface area contributed by atoms with Crippen LogP contribution in [0.1, 0.15) is 60.1 Å². The van der Waals surface area contributed by atoms with Crippen LogP contribution in [0.25, 0.3) is 0 Å². The Bertz CT molecular complexity index is 657. The SMILES string of the molecule is CCCc1cc(Cc2nn(O)cc2C2CCNCC2)ccc1C. The zero-order chi connectivity index (χ0) is 16.2. The average Bonchev–Trinajstić information content (AvgIpc) is 2.92. The van der Waals surface area contributed by atoms with Crippen molar-refractivity contribution in [1.29, 1.82) is 0 Å². The van der Waals surface area contributed by atoms with E-state index in [0.29, 0.717) is 5.92 Å². The van der Waals surface area contributed by atoms with Crippen LogP contribution in [0.15, 0.2) is 24.4 Å². The fourth-order valence-corrected chi connectivity index (χ4v) is 3.59. The lowest BCUT2D eigenvalue weighted by atomic mass is 9.89. The number of hydrogen-bond donors (Lipinski definition) is 2. The highest BCUT2D eigenvalue weighted by atomic mass is 16.5. The number of benzene rings is 1. The van der Waals surface area contributed by atoms with Gasteiger partial charge in [-0.2, -0.15) is 0 Å². The number of rotatable bonds is 5. The minimum Gasteiger partial charge on any atom is -0.412 e. The average molecular weight is 313 g/mol. The lowest BCUT2D eigenvalue weighted by molar-refractivity contribution is 0.147. The van der Waals surface area contributed by atoms with Gasteiger partial charge in [-0.1, -0.05) is 31.5 Å². The molecule has 1 aromatic heterocycles. The molecule has 1 aromatic carbocycles. The standard InChI is InChI=1S/C19H27N3O/c1-3-4-17-11-15(6-5-14(17)2)12-19-18(13-22(23)21-19)16-7-9-20-10-8-16/h5-6,11,13,16,20,23H,3-4,7-10,12H2,1-2H3. The molecule has 0 saturated carbocycles. The predicted octanol–water partition coefficient (Wildman–Crippen LogP) is 3.44. The van der Waals surface area contributed by atoms with Crippen LogP contribution in [-0.2, 0) is 12.8 Å². The van der Waals surface area contributed by atoms with Crippen molar-refractivity contribution in [2.24, 2.45) is 0 Å². The van der Waals surface area contributed by atoms with Gasteiger partial charge in [-0.3, -0.25) is 0 Å². The third-order valence-electron chi connectivity index (χ3n) is 4.89. The van der Waals surface area contributed by atoms with Gasteiger partial charge in [-0.15, -0.1) is 9.94 Å². The minimum absolute atomic E-state index is 0.507. The van der Waals surface area contributed by atoms with Crippen LogP contribution in [-0.4, -0.2) is 28.2 Å². The van der Waals surface area contributed by atoms with Crippen molar-refractivity contribution in [1.82, 2.24) is 15.3 Å². The molecule has 0 spiro atoms. The number of aromatic nitrogens is 2. The fourth-order valence-electron chi connectivity index (χ4n) is 3.59. The van der Waals surface area contributed by atoms with Gasteiger partial charge in [0.25, 0.3) is 0 Å². The molecule has 2 aromatic rings. The van der Waals surface area contributed by atoms with Gasteiger partial charge in [0, 0.05) is 12.0 Å². The molecule has 1 saturated heterocycles. The Kier molecular flexibility index (Phi) is 5.01. The van der Waals surface area contributed by atoms with Gasteiger partial charge >= 0.3 is 0 Å². The van der Waals surface area contributed by atoms with Crippen molar-refractivity contribution in [3.8, 4) is 0 Å². The Hall–Kier alpha value is -1.81. The maximum absolute atomic E-state index is 9.82. The summed E-state index contributed by atoms with van der Waals surface area (Å²) in [5, 5.41) is 17.5. The van der Waals surface area contributed by atoms with Gasteiger partial charge in [0.15, 0.2) is 0 Å². The van der Waals surface area contributed by atoms with Gasteiger partial charge in [0.1, 0.15) is 0 Å². The van der Waals surface area contributed by atoms with E-state index in [1.54, 1.807) is 6.20 Å². The maximum Gasteiger partial charge on any atom is 0.0738 e. The van der Waals surface area contributed by atoms with E-state index in [-0.39, 0.29) is 0 Å². The summed E-state index contributed by atoms with van der Waals surface area (Å²) in [7, 11) is 0. The molecule has 1 aliphatic rings. The van der Waals surface area contributed by atoms with Crippen LogP contribution in [0, 0.1) is 6.92 Å². The Labute approximate surface area is 138 Å². The first-order valence-electron chi connectivity index (χ1n) is 8.74. The van der Waals surface area contributed by atoms with E-state index in [9.17, 15) is 5.21 Å². The summed E-state index contributed by atoms with van der Waals surface area (Å²) in [5.74, 6) is 0.507. The van der Waals surface area contributed by atoms with Crippen LogP contribution in [0.4, 0.5) is 0 Å². The van der Waals surface area contributed by atoms with Crippen molar-refractivity contribution in [3.63, 3.8) is 0 Å². The lowest BCUT2D eigenvalue weighted by Gasteiger charge is -2.22. The number of hydrogen-bond acceptors (Lipinski definition) is 3. The molecule has 1 fully saturated rings. The molecule has 4 heteroatoms. The Balaban J connectivity index is 1.83. The summed E-state index contributed by atoms with van der Waals surface area (Å²) in [4.78, 5) is 0.994. The first kappa shape index (κ1) is 16.1. The van der Waals surface area contributed by atoms with E-state index in [1.807, 2.05) is 0 Å². The Morgan fingerprint density at radius 2 is 2.09 bits per heavy atom. The maximum atomic E-state index is 9.82. The summed E-state index contributed by atoms with van der Waals surface area (Å²) in [5.41, 5.74) is 6.31. The van der Waals surface area contributed by atoms with E-state index in [4.69, 9.17) is 0 Å². The highest BCUT2D eigenvalue weighted by Crippen LogP contribution is 2.29. The van der Waals surface area contributed by atoms with Crippen molar-refractivity contribution < 1.29 is 5.21 Å². The number of nitrogens with zero attached hydrogens (tertiary/aromatic N) is 2. The summed E-state index contributed by atoms with van der Waals surface area (Å²) < 4.78 is 0. The molecule has 124 valence electrons. The second-order valence-corrected chi connectivity index (χ2v) is 6.66. The minimum atomic E-state index is 0.507. The third kappa shape index (κ3) is 3.75. The van der Waals surface area contributed by atoms with E-state index < -0.39 is 0 Å². The third-order valence-corrected chi connectivity index (χ3v) is 4.89. The summed E-state index contributed by atoms with van der Waals surface area (Å²) in [6, 6.07) is 6.71. The molecule has 0 bridgehead atoms.